The zero-order valence-corrected chi connectivity index (χ0v) is 17.8. The minimum atomic E-state index is -0.509. The molecule has 0 bridgehead atoms. The van der Waals surface area contributed by atoms with Crippen LogP contribution in [0, 0.1) is 18.3 Å². The Hall–Kier alpha value is -3.24. The van der Waals surface area contributed by atoms with E-state index < -0.39 is 5.60 Å². The summed E-state index contributed by atoms with van der Waals surface area (Å²) in [6, 6.07) is 13.1. The SMILES string of the molecule is Cc1c(C#N)ccc2c1nnn2CCCOCc1ccc(C(=O)OC(C)(C)C)cc1. The van der Waals surface area contributed by atoms with Crippen molar-refractivity contribution in [1.82, 2.24) is 15.0 Å². The van der Waals surface area contributed by atoms with E-state index in [-0.39, 0.29) is 5.97 Å². The summed E-state index contributed by atoms with van der Waals surface area (Å²) in [7, 11) is 0. The fourth-order valence-corrected chi connectivity index (χ4v) is 3.03. The highest BCUT2D eigenvalue weighted by molar-refractivity contribution is 5.89. The lowest BCUT2D eigenvalue weighted by Crippen LogP contribution is -2.23. The molecule has 0 aliphatic heterocycles. The highest BCUT2D eigenvalue weighted by Gasteiger charge is 2.17. The minimum absolute atomic E-state index is 0.327. The summed E-state index contributed by atoms with van der Waals surface area (Å²) in [5.74, 6) is -0.327. The van der Waals surface area contributed by atoms with Crippen LogP contribution in [0.4, 0.5) is 0 Å². The molecule has 0 aliphatic carbocycles. The van der Waals surface area contributed by atoms with Gasteiger partial charge < -0.3 is 9.47 Å². The van der Waals surface area contributed by atoms with E-state index in [0.717, 1.165) is 28.6 Å². The van der Waals surface area contributed by atoms with Crippen molar-refractivity contribution in [2.24, 2.45) is 0 Å². The number of hydrogen-bond donors (Lipinski definition) is 0. The first-order valence-electron chi connectivity index (χ1n) is 9.91. The van der Waals surface area contributed by atoms with E-state index >= 15 is 0 Å². The number of ether oxygens (including phenoxy) is 2. The molecule has 0 saturated carbocycles. The van der Waals surface area contributed by atoms with E-state index in [0.29, 0.717) is 30.9 Å². The van der Waals surface area contributed by atoms with Crippen LogP contribution in [0.15, 0.2) is 36.4 Å². The molecule has 0 aliphatic rings. The maximum Gasteiger partial charge on any atom is 0.338 e. The van der Waals surface area contributed by atoms with Crippen molar-refractivity contribution in [1.29, 1.82) is 5.26 Å². The molecular weight excluding hydrogens is 380 g/mol. The molecule has 2 aromatic carbocycles. The van der Waals surface area contributed by atoms with E-state index in [9.17, 15) is 4.79 Å². The van der Waals surface area contributed by atoms with E-state index in [1.807, 2.05) is 50.6 Å². The maximum absolute atomic E-state index is 12.1. The van der Waals surface area contributed by atoms with Crippen molar-refractivity contribution in [3.63, 3.8) is 0 Å². The van der Waals surface area contributed by atoms with Gasteiger partial charge in [0.15, 0.2) is 0 Å². The second-order valence-electron chi connectivity index (χ2n) is 8.14. The Bertz CT molecular complexity index is 1070. The normalized spacial score (nSPS) is 11.4. The predicted octanol–water partition coefficient (Wildman–Crippen LogP) is 4.17. The number of esters is 1. The lowest BCUT2D eigenvalue weighted by atomic mass is 10.1. The molecule has 0 amide bonds. The van der Waals surface area contributed by atoms with Crippen molar-refractivity contribution >= 4 is 17.0 Å². The van der Waals surface area contributed by atoms with Gasteiger partial charge in [-0.15, -0.1) is 5.10 Å². The topological polar surface area (TPSA) is 90.0 Å². The lowest BCUT2D eigenvalue weighted by molar-refractivity contribution is 0.00694. The highest BCUT2D eigenvalue weighted by Crippen LogP contribution is 2.19. The molecule has 156 valence electrons. The van der Waals surface area contributed by atoms with Crippen LogP contribution >= 0.6 is 0 Å². The summed E-state index contributed by atoms with van der Waals surface area (Å²) in [6.45, 7) is 9.15. The predicted molar refractivity (Wildman–Crippen MR) is 113 cm³/mol. The summed E-state index contributed by atoms with van der Waals surface area (Å²) in [6.07, 6.45) is 0.785. The van der Waals surface area contributed by atoms with E-state index in [4.69, 9.17) is 14.7 Å². The van der Waals surface area contributed by atoms with Crippen LogP contribution in [-0.2, 0) is 22.6 Å². The molecule has 7 heteroatoms. The smallest absolute Gasteiger partial charge is 0.338 e. The van der Waals surface area contributed by atoms with Gasteiger partial charge in [0.25, 0.3) is 0 Å². The molecule has 7 nitrogen and oxygen atoms in total. The van der Waals surface area contributed by atoms with Gasteiger partial charge >= 0.3 is 5.97 Å². The van der Waals surface area contributed by atoms with Crippen LogP contribution < -0.4 is 0 Å². The molecule has 30 heavy (non-hydrogen) atoms. The van der Waals surface area contributed by atoms with Gasteiger partial charge in [-0.25, -0.2) is 9.48 Å². The van der Waals surface area contributed by atoms with E-state index in [1.54, 1.807) is 18.2 Å². The molecular formula is C23H26N4O3. The van der Waals surface area contributed by atoms with Crippen molar-refractivity contribution in [2.45, 2.75) is 52.9 Å². The van der Waals surface area contributed by atoms with Crippen molar-refractivity contribution < 1.29 is 14.3 Å². The quantitative estimate of drug-likeness (QED) is 0.432. The van der Waals surface area contributed by atoms with Crippen LogP contribution in [0.2, 0.25) is 0 Å². The van der Waals surface area contributed by atoms with Crippen molar-refractivity contribution in [3.8, 4) is 6.07 Å². The standard InChI is InChI=1S/C23H26N4O3/c1-16-19(14-24)10-11-20-21(16)25-26-27(20)12-5-13-29-15-17-6-8-18(9-7-17)22(28)30-23(2,3)4/h6-11H,5,12-13,15H2,1-4H3. The van der Waals surface area contributed by atoms with Crippen LogP contribution in [0.1, 0.15) is 54.2 Å². The maximum atomic E-state index is 12.1. The van der Waals surface area contributed by atoms with Crippen LogP contribution in [0.5, 0.6) is 0 Å². The Labute approximate surface area is 176 Å². The molecule has 0 spiro atoms. The number of aromatic nitrogens is 3. The second-order valence-corrected chi connectivity index (χ2v) is 8.14. The Kier molecular flexibility index (Phi) is 6.48. The van der Waals surface area contributed by atoms with Gasteiger partial charge in [-0.05, 0) is 69.5 Å². The molecule has 3 aromatic rings. The largest absolute Gasteiger partial charge is 0.456 e. The number of aryl methyl sites for hydroxylation is 2. The van der Waals surface area contributed by atoms with Gasteiger partial charge in [0.2, 0.25) is 0 Å². The molecule has 1 aromatic heterocycles. The Morgan fingerprint density at radius 2 is 1.90 bits per heavy atom. The third-order valence-corrected chi connectivity index (χ3v) is 4.58. The fraction of sp³-hybridized carbons (Fsp3) is 0.391. The summed E-state index contributed by atoms with van der Waals surface area (Å²) in [5, 5.41) is 17.5. The summed E-state index contributed by atoms with van der Waals surface area (Å²) < 4.78 is 12.9. The Morgan fingerprint density at radius 1 is 1.17 bits per heavy atom. The van der Waals surface area contributed by atoms with Gasteiger partial charge in [0, 0.05) is 13.2 Å². The van der Waals surface area contributed by atoms with Crippen molar-refractivity contribution in [3.05, 3.63) is 58.7 Å². The number of nitriles is 1. The van der Waals surface area contributed by atoms with Gasteiger partial charge in [0.1, 0.15) is 11.1 Å². The fourth-order valence-electron chi connectivity index (χ4n) is 3.03. The van der Waals surface area contributed by atoms with Crippen LogP contribution in [0.3, 0.4) is 0 Å². The first kappa shape index (κ1) is 21.5. The number of rotatable bonds is 7. The van der Waals surface area contributed by atoms with E-state index in [1.165, 1.54) is 0 Å². The minimum Gasteiger partial charge on any atom is -0.456 e. The van der Waals surface area contributed by atoms with Crippen LogP contribution in [0.25, 0.3) is 11.0 Å². The van der Waals surface area contributed by atoms with Gasteiger partial charge in [0.05, 0.1) is 29.3 Å². The Balaban J connectivity index is 1.47. The Morgan fingerprint density at radius 3 is 2.57 bits per heavy atom. The number of fused-ring (bicyclic) bond motifs is 1. The first-order valence-corrected chi connectivity index (χ1v) is 9.91. The molecule has 0 fully saturated rings. The van der Waals surface area contributed by atoms with Gasteiger partial charge in [-0.3, -0.25) is 0 Å². The van der Waals surface area contributed by atoms with Crippen LogP contribution in [-0.4, -0.2) is 33.2 Å². The number of carbonyl (C=O) groups excluding carboxylic acids is 1. The number of hydrogen-bond acceptors (Lipinski definition) is 6. The molecule has 0 saturated heterocycles. The average molecular weight is 406 g/mol. The molecule has 0 atom stereocenters. The number of benzene rings is 2. The number of nitrogens with zero attached hydrogens (tertiary/aromatic N) is 4. The lowest BCUT2D eigenvalue weighted by Gasteiger charge is -2.19. The molecule has 0 radical (unpaired) electrons. The second kappa shape index (κ2) is 9.06. The van der Waals surface area contributed by atoms with Crippen molar-refractivity contribution in [2.75, 3.05) is 6.61 Å². The first-order chi connectivity index (χ1) is 14.3. The van der Waals surface area contributed by atoms with Gasteiger partial charge in [-0.2, -0.15) is 5.26 Å². The van der Waals surface area contributed by atoms with E-state index in [2.05, 4.69) is 16.4 Å². The van der Waals surface area contributed by atoms with Gasteiger partial charge in [-0.1, -0.05) is 17.3 Å². The monoisotopic (exact) mass is 406 g/mol. The third-order valence-electron chi connectivity index (χ3n) is 4.58. The average Bonchev–Trinajstić information content (AvgIpc) is 3.11. The zero-order chi connectivity index (χ0) is 21.7. The molecule has 3 rings (SSSR count). The molecule has 1 heterocycles. The molecule has 0 N–H and O–H groups in total. The molecule has 0 unspecified atom stereocenters. The highest BCUT2D eigenvalue weighted by atomic mass is 16.6. The third kappa shape index (κ3) is 5.22. The zero-order valence-electron chi connectivity index (χ0n) is 17.8. The number of carbonyl (C=O) groups is 1. The summed E-state index contributed by atoms with van der Waals surface area (Å²) in [5.41, 5.74) is 4.17. The summed E-state index contributed by atoms with van der Waals surface area (Å²) in [4.78, 5) is 12.1. The summed E-state index contributed by atoms with van der Waals surface area (Å²) >= 11 is 0.